The van der Waals surface area contributed by atoms with E-state index >= 15 is 0 Å². The highest BCUT2D eigenvalue weighted by Crippen LogP contribution is 2.15. The summed E-state index contributed by atoms with van der Waals surface area (Å²) < 4.78 is 25.2. The van der Waals surface area contributed by atoms with Crippen molar-refractivity contribution in [2.45, 2.75) is 6.42 Å². The summed E-state index contributed by atoms with van der Waals surface area (Å²) in [6.07, 6.45) is 0.735. The summed E-state index contributed by atoms with van der Waals surface area (Å²) in [5, 5.41) is 3.31. The number of piperazine rings is 1. The minimum absolute atomic E-state index is 0. The number of hydrogen-bond donors (Lipinski definition) is 1. The van der Waals surface area contributed by atoms with E-state index in [1.165, 1.54) is 5.69 Å². The highest BCUT2D eigenvalue weighted by atomic mass is 127. The van der Waals surface area contributed by atoms with Gasteiger partial charge in [0.05, 0.1) is 5.75 Å². The van der Waals surface area contributed by atoms with Crippen molar-refractivity contribution < 1.29 is 8.42 Å². The Bertz CT molecular complexity index is 690. The maximum atomic E-state index is 11.8. The van der Waals surface area contributed by atoms with Crippen LogP contribution >= 0.6 is 24.0 Å². The Kier molecular flexibility index (Phi) is 7.96. The fourth-order valence-electron chi connectivity index (χ4n) is 3.38. The van der Waals surface area contributed by atoms with Crippen molar-refractivity contribution in [3.63, 3.8) is 0 Å². The molecule has 0 spiro atoms. The molecule has 3 rings (SSSR count). The second-order valence-electron chi connectivity index (χ2n) is 6.35. The number of para-hydroxylation sites is 1. The monoisotopic (exact) mass is 493 g/mol. The summed E-state index contributed by atoms with van der Waals surface area (Å²) >= 11 is 0. The average Bonchev–Trinajstić information content (AvgIpc) is 2.98. The highest BCUT2D eigenvalue weighted by molar-refractivity contribution is 14.0. The Labute approximate surface area is 173 Å². The largest absolute Gasteiger partial charge is 0.368 e. The number of aliphatic imine (C=N–C) groups is 1. The molecule has 0 atom stereocenters. The van der Waals surface area contributed by atoms with Crippen LogP contribution in [-0.4, -0.2) is 82.2 Å². The summed E-state index contributed by atoms with van der Waals surface area (Å²) in [6, 6.07) is 10.4. The molecular weight excluding hydrogens is 465 g/mol. The Hall–Kier alpha value is -1.07. The van der Waals surface area contributed by atoms with Gasteiger partial charge in [0.15, 0.2) is 5.96 Å². The zero-order valence-electron chi connectivity index (χ0n) is 15.2. The Morgan fingerprint density at radius 2 is 1.81 bits per heavy atom. The lowest BCUT2D eigenvalue weighted by atomic mass is 10.2. The van der Waals surface area contributed by atoms with Gasteiger partial charge in [0.1, 0.15) is 0 Å². The summed E-state index contributed by atoms with van der Waals surface area (Å²) in [7, 11) is -1.25. The molecule has 0 aromatic heterocycles. The highest BCUT2D eigenvalue weighted by Gasteiger charge is 2.27. The van der Waals surface area contributed by atoms with Crippen LogP contribution in [0.2, 0.25) is 0 Å². The normalized spacial score (nSPS) is 20.7. The van der Waals surface area contributed by atoms with Gasteiger partial charge >= 0.3 is 0 Å². The standard InChI is InChI=1S/C17H27N5O2S.HI/c1-18-17(19-8-10-22-9-5-15-25(22,23)24)21-13-11-20(12-14-21)16-6-3-2-4-7-16;/h2-4,6-7H,5,8-15H2,1H3,(H,18,19);1H. The van der Waals surface area contributed by atoms with Crippen molar-refractivity contribution in [1.29, 1.82) is 0 Å². The maximum Gasteiger partial charge on any atom is 0.214 e. The molecule has 1 aromatic carbocycles. The van der Waals surface area contributed by atoms with Gasteiger partial charge in [0, 0.05) is 58.5 Å². The molecule has 2 heterocycles. The van der Waals surface area contributed by atoms with Gasteiger partial charge in [-0.1, -0.05) is 18.2 Å². The third-order valence-corrected chi connectivity index (χ3v) is 6.72. The van der Waals surface area contributed by atoms with Crippen molar-refractivity contribution in [3.8, 4) is 0 Å². The number of anilines is 1. The lowest BCUT2D eigenvalue weighted by molar-refractivity contribution is 0.369. The molecule has 1 N–H and O–H groups in total. The third kappa shape index (κ3) is 5.23. The van der Waals surface area contributed by atoms with E-state index in [-0.39, 0.29) is 29.7 Å². The van der Waals surface area contributed by atoms with Gasteiger partial charge in [0.2, 0.25) is 10.0 Å². The number of benzene rings is 1. The van der Waals surface area contributed by atoms with Crippen LogP contribution in [-0.2, 0) is 10.0 Å². The first kappa shape index (κ1) is 21.2. The second-order valence-corrected chi connectivity index (χ2v) is 8.44. The fraction of sp³-hybridized carbons (Fsp3) is 0.588. The van der Waals surface area contributed by atoms with Crippen LogP contribution in [0.4, 0.5) is 5.69 Å². The number of guanidine groups is 1. The molecule has 26 heavy (non-hydrogen) atoms. The number of nitrogens with zero attached hydrogens (tertiary/aromatic N) is 4. The molecule has 146 valence electrons. The van der Waals surface area contributed by atoms with Gasteiger partial charge in [-0.3, -0.25) is 4.99 Å². The number of halogens is 1. The summed E-state index contributed by atoms with van der Waals surface area (Å²) in [5.74, 6) is 1.13. The van der Waals surface area contributed by atoms with E-state index in [0.29, 0.717) is 19.6 Å². The molecule has 0 unspecified atom stereocenters. The number of hydrogen-bond acceptors (Lipinski definition) is 4. The van der Waals surface area contributed by atoms with E-state index in [0.717, 1.165) is 38.6 Å². The van der Waals surface area contributed by atoms with Crippen molar-refractivity contribution >= 4 is 45.6 Å². The predicted octanol–water partition coefficient (Wildman–Crippen LogP) is 1.04. The lowest BCUT2D eigenvalue weighted by Crippen LogP contribution is -2.53. The van der Waals surface area contributed by atoms with Crippen LogP contribution in [0.25, 0.3) is 0 Å². The van der Waals surface area contributed by atoms with Crippen LogP contribution in [0.3, 0.4) is 0 Å². The molecule has 7 nitrogen and oxygen atoms in total. The quantitative estimate of drug-likeness (QED) is 0.386. The summed E-state index contributed by atoms with van der Waals surface area (Å²) in [4.78, 5) is 8.96. The molecule has 0 saturated carbocycles. The van der Waals surface area contributed by atoms with E-state index in [9.17, 15) is 8.42 Å². The van der Waals surface area contributed by atoms with Crippen molar-refractivity contribution in [2.24, 2.45) is 4.99 Å². The topological polar surface area (TPSA) is 68.2 Å². The van der Waals surface area contributed by atoms with E-state index in [1.807, 2.05) is 6.07 Å². The molecule has 0 bridgehead atoms. The van der Waals surface area contributed by atoms with Crippen LogP contribution < -0.4 is 10.2 Å². The molecule has 2 aliphatic heterocycles. The van der Waals surface area contributed by atoms with Crippen molar-refractivity contribution in [2.75, 3.05) is 63.5 Å². The molecule has 2 fully saturated rings. The lowest BCUT2D eigenvalue weighted by Gasteiger charge is -2.37. The minimum Gasteiger partial charge on any atom is -0.368 e. The van der Waals surface area contributed by atoms with E-state index < -0.39 is 10.0 Å². The zero-order valence-corrected chi connectivity index (χ0v) is 18.3. The molecule has 2 saturated heterocycles. The Balaban J connectivity index is 0.00000243. The molecule has 0 amide bonds. The van der Waals surface area contributed by atoms with Gasteiger partial charge < -0.3 is 15.1 Å². The average molecular weight is 493 g/mol. The molecule has 9 heteroatoms. The van der Waals surface area contributed by atoms with Gasteiger partial charge in [-0.25, -0.2) is 12.7 Å². The zero-order chi connectivity index (χ0) is 17.7. The second kappa shape index (κ2) is 9.75. The summed E-state index contributed by atoms with van der Waals surface area (Å²) in [6.45, 7) is 5.43. The van der Waals surface area contributed by atoms with Gasteiger partial charge in [-0.2, -0.15) is 0 Å². The van der Waals surface area contributed by atoms with Crippen LogP contribution in [0, 0.1) is 0 Å². The molecule has 2 aliphatic rings. The van der Waals surface area contributed by atoms with Crippen LogP contribution in [0.5, 0.6) is 0 Å². The number of sulfonamides is 1. The van der Waals surface area contributed by atoms with E-state index in [2.05, 4.69) is 44.4 Å². The van der Waals surface area contributed by atoms with Crippen LogP contribution in [0.1, 0.15) is 6.42 Å². The molecular formula is C17H28IN5O2S. The first-order valence-corrected chi connectivity index (χ1v) is 10.4. The third-order valence-electron chi connectivity index (χ3n) is 4.76. The van der Waals surface area contributed by atoms with Crippen molar-refractivity contribution in [1.82, 2.24) is 14.5 Å². The Morgan fingerprint density at radius 1 is 1.12 bits per heavy atom. The maximum absolute atomic E-state index is 11.8. The predicted molar refractivity (Wildman–Crippen MR) is 117 cm³/mol. The van der Waals surface area contributed by atoms with Gasteiger partial charge in [-0.05, 0) is 18.6 Å². The van der Waals surface area contributed by atoms with Gasteiger partial charge in [0.25, 0.3) is 0 Å². The first-order chi connectivity index (χ1) is 12.1. The SMILES string of the molecule is CN=C(NCCN1CCCS1(=O)=O)N1CCN(c2ccccc2)CC1.I. The molecule has 0 radical (unpaired) electrons. The van der Waals surface area contributed by atoms with Gasteiger partial charge in [-0.15, -0.1) is 24.0 Å². The smallest absolute Gasteiger partial charge is 0.214 e. The summed E-state index contributed by atoms with van der Waals surface area (Å²) in [5.41, 5.74) is 1.25. The van der Waals surface area contributed by atoms with E-state index in [4.69, 9.17) is 0 Å². The minimum atomic E-state index is -3.02. The van der Waals surface area contributed by atoms with Crippen LogP contribution in [0.15, 0.2) is 35.3 Å². The Morgan fingerprint density at radius 3 is 2.38 bits per heavy atom. The van der Waals surface area contributed by atoms with E-state index in [1.54, 1.807) is 11.4 Å². The number of nitrogens with one attached hydrogen (secondary N) is 1. The molecule has 1 aromatic rings. The van der Waals surface area contributed by atoms with Crippen molar-refractivity contribution in [3.05, 3.63) is 30.3 Å². The molecule has 0 aliphatic carbocycles. The fourth-order valence-corrected chi connectivity index (χ4v) is 4.91. The first-order valence-electron chi connectivity index (χ1n) is 8.83. The number of rotatable bonds is 4.